The summed E-state index contributed by atoms with van der Waals surface area (Å²) in [5.74, 6) is 0.791. The Kier molecular flexibility index (Phi) is 6.34. The smallest absolute Gasteiger partial charge is 0.0453 e. The molecule has 0 bridgehead atoms. The maximum atomic E-state index is 6.35. The molecular formula is C17H27ClN2. The molecule has 2 rings (SSSR count). The van der Waals surface area contributed by atoms with E-state index in [1.54, 1.807) is 0 Å². The summed E-state index contributed by atoms with van der Waals surface area (Å²) in [7, 11) is 0. The van der Waals surface area contributed by atoms with Crippen LogP contribution in [0.3, 0.4) is 0 Å². The molecule has 0 radical (unpaired) electrons. The van der Waals surface area contributed by atoms with Crippen LogP contribution < -0.4 is 5.32 Å². The molecule has 0 aromatic heterocycles. The van der Waals surface area contributed by atoms with Crippen molar-refractivity contribution in [3.05, 3.63) is 34.3 Å². The van der Waals surface area contributed by atoms with Gasteiger partial charge in [0.25, 0.3) is 0 Å². The van der Waals surface area contributed by atoms with Crippen LogP contribution in [0, 0.1) is 12.8 Å². The molecule has 0 spiro atoms. The lowest BCUT2D eigenvalue weighted by atomic mass is 9.97. The molecule has 1 aliphatic heterocycles. The van der Waals surface area contributed by atoms with Gasteiger partial charge in [-0.1, -0.05) is 30.7 Å². The minimum absolute atomic E-state index is 0.791. The Bertz CT molecular complexity index is 419. The molecule has 0 amide bonds. The van der Waals surface area contributed by atoms with Crippen molar-refractivity contribution in [2.45, 2.75) is 39.7 Å². The molecular weight excluding hydrogens is 268 g/mol. The number of aryl methyl sites for hydroxylation is 1. The fraction of sp³-hybridized carbons (Fsp3) is 0.647. The Labute approximate surface area is 128 Å². The first kappa shape index (κ1) is 15.8. The molecule has 1 fully saturated rings. The Morgan fingerprint density at radius 3 is 3.00 bits per heavy atom. The second-order valence-corrected chi connectivity index (χ2v) is 6.45. The summed E-state index contributed by atoms with van der Waals surface area (Å²) in [6.45, 7) is 10.00. The van der Waals surface area contributed by atoms with Crippen molar-refractivity contribution in [3.8, 4) is 0 Å². The third kappa shape index (κ3) is 4.76. The van der Waals surface area contributed by atoms with Crippen molar-refractivity contribution in [2.24, 2.45) is 5.92 Å². The summed E-state index contributed by atoms with van der Waals surface area (Å²) in [5, 5.41) is 4.47. The van der Waals surface area contributed by atoms with Crippen molar-refractivity contribution < 1.29 is 0 Å². The van der Waals surface area contributed by atoms with Crippen molar-refractivity contribution in [1.82, 2.24) is 10.2 Å². The molecule has 1 N–H and O–H groups in total. The van der Waals surface area contributed by atoms with Crippen LogP contribution >= 0.6 is 11.6 Å². The van der Waals surface area contributed by atoms with Crippen LogP contribution in [0.1, 0.15) is 37.3 Å². The highest BCUT2D eigenvalue weighted by atomic mass is 35.5. The van der Waals surface area contributed by atoms with E-state index in [2.05, 4.69) is 42.3 Å². The number of likely N-dealkylation sites (tertiary alicyclic amines) is 1. The van der Waals surface area contributed by atoms with Crippen molar-refractivity contribution in [3.63, 3.8) is 0 Å². The first-order valence-electron chi connectivity index (χ1n) is 7.87. The van der Waals surface area contributed by atoms with Gasteiger partial charge in [-0.05, 0) is 68.9 Å². The number of hydrogen-bond acceptors (Lipinski definition) is 2. The number of benzene rings is 1. The minimum atomic E-state index is 0.791. The SMILES string of the molecule is CCCNCC1CCCN(Cc2ccc(C)cc2Cl)C1. The fourth-order valence-corrected chi connectivity index (χ4v) is 3.26. The van der Waals surface area contributed by atoms with E-state index >= 15 is 0 Å². The van der Waals surface area contributed by atoms with Crippen molar-refractivity contribution >= 4 is 11.6 Å². The second-order valence-electron chi connectivity index (χ2n) is 6.04. The quantitative estimate of drug-likeness (QED) is 0.802. The monoisotopic (exact) mass is 294 g/mol. The van der Waals surface area contributed by atoms with Gasteiger partial charge >= 0.3 is 0 Å². The Morgan fingerprint density at radius 2 is 2.25 bits per heavy atom. The molecule has 20 heavy (non-hydrogen) atoms. The molecule has 112 valence electrons. The van der Waals surface area contributed by atoms with Gasteiger partial charge in [0.05, 0.1) is 0 Å². The third-order valence-corrected chi connectivity index (χ3v) is 4.42. The molecule has 1 saturated heterocycles. The van der Waals surface area contributed by atoms with Gasteiger partial charge in [0.1, 0.15) is 0 Å². The zero-order valence-electron chi connectivity index (χ0n) is 12.8. The molecule has 1 aromatic rings. The maximum Gasteiger partial charge on any atom is 0.0453 e. The lowest BCUT2D eigenvalue weighted by Gasteiger charge is -2.33. The minimum Gasteiger partial charge on any atom is -0.316 e. The van der Waals surface area contributed by atoms with E-state index in [0.717, 1.165) is 30.6 Å². The van der Waals surface area contributed by atoms with E-state index in [1.165, 1.54) is 43.5 Å². The largest absolute Gasteiger partial charge is 0.316 e. The van der Waals surface area contributed by atoms with E-state index < -0.39 is 0 Å². The number of rotatable bonds is 6. The first-order chi connectivity index (χ1) is 9.69. The zero-order chi connectivity index (χ0) is 14.4. The standard InChI is InChI=1S/C17H27ClN2/c1-3-8-19-11-15-5-4-9-20(12-15)13-16-7-6-14(2)10-17(16)18/h6-7,10,15,19H,3-5,8-9,11-13H2,1-2H3. The molecule has 1 atom stereocenters. The zero-order valence-corrected chi connectivity index (χ0v) is 13.5. The van der Waals surface area contributed by atoms with Gasteiger partial charge in [0.2, 0.25) is 0 Å². The molecule has 1 unspecified atom stereocenters. The van der Waals surface area contributed by atoms with Crippen LogP contribution in [-0.2, 0) is 6.54 Å². The van der Waals surface area contributed by atoms with Crippen LogP contribution in [0.25, 0.3) is 0 Å². The average molecular weight is 295 g/mol. The summed E-state index contributed by atoms with van der Waals surface area (Å²) in [4.78, 5) is 2.55. The van der Waals surface area contributed by atoms with Crippen LogP contribution in [0.15, 0.2) is 18.2 Å². The highest BCUT2D eigenvalue weighted by molar-refractivity contribution is 6.31. The van der Waals surface area contributed by atoms with Crippen LogP contribution in [-0.4, -0.2) is 31.1 Å². The van der Waals surface area contributed by atoms with E-state index in [9.17, 15) is 0 Å². The predicted octanol–water partition coefficient (Wildman–Crippen LogP) is 3.86. The van der Waals surface area contributed by atoms with Crippen LogP contribution in [0.4, 0.5) is 0 Å². The highest BCUT2D eigenvalue weighted by Crippen LogP contribution is 2.23. The first-order valence-corrected chi connectivity index (χ1v) is 8.25. The van der Waals surface area contributed by atoms with Crippen molar-refractivity contribution in [2.75, 3.05) is 26.2 Å². The van der Waals surface area contributed by atoms with E-state index in [-0.39, 0.29) is 0 Å². The van der Waals surface area contributed by atoms with Gasteiger partial charge in [-0.3, -0.25) is 4.90 Å². The van der Waals surface area contributed by atoms with Crippen LogP contribution in [0.5, 0.6) is 0 Å². The van der Waals surface area contributed by atoms with E-state index in [0.29, 0.717) is 0 Å². The summed E-state index contributed by atoms with van der Waals surface area (Å²) >= 11 is 6.35. The summed E-state index contributed by atoms with van der Waals surface area (Å²) in [6.07, 6.45) is 3.88. The Hall–Kier alpha value is -0.570. The predicted molar refractivity (Wildman–Crippen MR) is 87.4 cm³/mol. The lowest BCUT2D eigenvalue weighted by Crippen LogP contribution is -2.39. The molecule has 0 saturated carbocycles. The lowest BCUT2D eigenvalue weighted by molar-refractivity contribution is 0.165. The number of halogens is 1. The fourth-order valence-electron chi connectivity index (χ4n) is 2.97. The van der Waals surface area contributed by atoms with Gasteiger partial charge in [-0.15, -0.1) is 0 Å². The molecule has 1 aliphatic rings. The van der Waals surface area contributed by atoms with Gasteiger partial charge < -0.3 is 5.32 Å². The molecule has 0 aliphatic carbocycles. The van der Waals surface area contributed by atoms with Gasteiger partial charge in [-0.25, -0.2) is 0 Å². The normalized spacial score (nSPS) is 20.2. The number of hydrogen-bond donors (Lipinski definition) is 1. The van der Waals surface area contributed by atoms with E-state index in [1.807, 2.05) is 0 Å². The number of nitrogens with zero attached hydrogens (tertiary/aromatic N) is 1. The summed E-state index contributed by atoms with van der Waals surface area (Å²) in [6, 6.07) is 6.41. The molecule has 1 heterocycles. The molecule has 1 aromatic carbocycles. The van der Waals surface area contributed by atoms with Crippen LogP contribution in [0.2, 0.25) is 5.02 Å². The average Bonchev–Trinajstić information content (AvgIpc) is 2.43. The number of piperidine rings is 1. The summed E-state index contributed by atoms with van der Waals surface area (Å²) < 4.78 is 0. The van der Waals surface area contributed by atoms with Crippen molar-refractivity contribution in [1.29, 1.82) is 0 Å². The topological polar surface area (TPSA) is 15.3 Å². The van der Waals surface area contributed by atoms with Gasteiger partial charge in [-0.2, -0.15) is 0 Å². The number of nitrogens with one attached hydrogen (secondary N) is 1. The van der Waals surface area contributed by atoms with Gasteiger partial charge in [0.15, 0.2) is 0 Å². The Balaban J connectivity index is 1.86. The highest BCUT2D eigenvalue weighted by Gasteiger charge is 2.20. The molecule has 3 heteroatoms. The van der Waals surface area contributed by atoms with Gasteiger partial charge in [0, 0.05) is 18.1 Å². The summed E-state index contributed by atoms with van der Waals surface area (Å²) in [5.41, 5.74) is 2.50. The third-order valence-electron chi connectivity index (χ3n) is 4.07. The Morgan fingerprint density at radius 1 is 1.40 bits per heavy atom. The molecule has 2 nitrogen and oxygen atoms in total. The second kappa shape index (κ2) is 8.02. The maximum absolute atomic E-state index is 6.35. The van der Waals surface area contributed by atoms with E-state index in [4.69, 9.17) is 11.6 Å².